The lowest BCUT2D eigenvalue weighted by Crippen LogP contribution is -2.38. The fraction of sp³-hybridized carbons (Fsp3) is 0.500. The molecule has 0 aromatic carbocycles. The van der Waals surface area contributed by atoms with Crippen molar-refractivity contribution < 1.29 is 23.1 Å². The monoisotopic (exact) mass is 302 g/mol. The summed E-state index contributed by atoms with van der Waals surface area (Å²) < 4.78 is 31.1. The molecule has 1 rings (SSSR count). The molecule has 112 valence electrons. The summed E-state index contributed by atoms with van der Waals surface area (Å²) in [7, 11) is -2.39. The molecule has 0 amide bonds. The second-order valence-electron chi connectivity index (χ2n) is 4.41. The topological polar surface area (TPSA) is 96.8 Å². The molecule has 0 atom stereocenters. The van der Waals surface area contributed by atoms with Crippen molar-refractivity contribution in [1.29, 1.82) is 0 Å². The van der Waals surface area contributed by atoms with E-state index < -0.39 is 16.0 Å². The van der Waals surface area contributed by atoms with Gasteiger partial charge >= 0.3 is 5.97 Å². The molecule has 1 aromatic heterocycles. The minimum atomic E-state index is -3.80. The highest BCUT2D eigenvalue weighted by Gasteiger charge is 2.28. The van der Waals surface area contributed by atoms with E-state index in [4.69, 9.17) is 9.84 Å². The van der Waals surface area contributed by atoms with Gasteiger partial charge in [-0.05, 0) is 13.8 Å². The third-order valence-corrected chi connectivity index (χ3v) is 4.69. The van der Waals surface area contributed by atoms with E-state index in [9.17, 15) is 13.2 Å². The molecule has 0 spiro atoms. The number of rotatable bonds is 7. The van der Waals surface area contributed by atoms with E-state index in [0.29, 0.717) is 5.75 Å². The van der Waals surface area contributed by atoms with Crippen LogP contribution in [0.3, 0.4) is 0 Å². The molecular weight excluding hydrogens is 284 g/mol. The van der Waals surface area contributed by atoms with E-state index >= 15 is 0 Å². The van der Waals surface area contributed by atoms with Crippen molar-refractivity contribution in [2.45, 2.75) is 31.2 Å². The van der Waals surface area contributed by atoms with Gasteiger partial charge in [-0.3, -0.25) is 9.78 Å². The quantitative estimate of drug-likeness (QED) is 0.806. The van der Waals surface area contributed by atoms with Gasteiger partial charge in [0.25, 0.3) is 0 Å². The summed E-state index contributed by atoms with van der Waals surface area (Å²) in [5, 5.41) is 8.71. The van der Waals surface area contributed by atoms with Crippen LogP contribution >= 0.6 is 0 Å². The van der Waals surface area contributed by atoms with Gasteiger partial charge in [0.05, 0.1) is 19.7 Å². The van der Waals surface area contributed by atoms with Crippen molar-refractivity contribution in [3.05, 3.63) is 18.5 Å². The molecule has 1 N–H and O–H groups in total. The second-order valence-corrected chi connectivity index (χ2v) is 6.30. The van der Waals surface area contributed by atoms with Crippen LogP contribution in [0.25, 0.3) is 0 Å². The number of aromatic nitrogens is 1. The molecule has 0 saturated heterocycles. The largest absolute Gasteiger partial charge is 0.495 e. The maximum Gasteiger partial charge on any atom is 0.304 e. The summed E-state index contributed by atoms with van der Waals surface area (Å²) in [5.74, 6) is -0.720. The smallest absolute Gasteiger partial charge is 0.304 e. The van der Waals surface area contributed by atoms with E-state index in [1.54, 1.807) is 13.8 Å². The first-order chi connectivity index (χ1) is 9.28. The Morgan fingerprint density at radius 1 is 1.45 bits per heavy atom. The summed E-state index contributed by atoms with van der Waals surface area (Å²) in [4.78, 5) is 14.4. The van der Waals surface area contributed by atoms with Crippen molar-refractivity contribution in [2.24, 2.45) is 0 Å². The SMILES string of the molecule is COc1cncc(S(=O)(=O)N(CCC(=O)O)C(C)C)c1. The summed E-state index contributed by atoms with van der Waals surface area (Å²) in [6.45, 7) is 3.28. The molecule has 0 aliphatic rings. The lowest BCUT2D eigenvalue weighted by Gasteiger charge is -2.25. The highest BCUT2D eigenvalue weighted by molar-refractivity contribution is 7.89. The summed E-state index contributed by atoms with van der Waals surface area (Å²) in [6, 6.07) is 1.00. The maximum absolute atomic E-state index is 12.5. The molecule has 0 aliphatic carbocycles. The molecule has 1 heterocycles. The number of hydrogen-bond donors (Lipinski definition) is 1. The number of hydrogen-bond acceptors (Lipinski definition) is 5. The van der Waals surface area contributed by atoms with Gasteiger partial charge in [-0.2, -0.15) is 4.31 Å². The van der Waals surface area contributed by atoms with E-state index in [1.165, 1.54) is 25.6 Å². The lowest BCUT2D eigenvalue weighted by atomic mass is 10.3. The van der Waals surface area contributed by atoms with Crippen molar-refractivity contribution in [3.8, 4) is 5.75 Å². The van der Waals surface area contributed by atoms with Crippen LogP contribution in [0, 0.1) is 0 Å². The molecule has 7 nitrogen and oxygen atoms in total. The van der Waals surface area contributed by atoms with Crippen LogP contribution < -0.4 is 4.74 Å². The minimum absolute atomic E-state index is 0.0176. The summed E-state index contributed by atoms with van der Waals surface area (Å²) in [5.41, 5.74) is 0. The Hall–Kier alpha value is -1.67. The third-order valence-electron chi connectivity index (χ3n) is 2.65. The number of methoxy groups -OCH3 is 1. The molecule has 0 fully saturated rings. The average Bonchev–Trinajstić information content (AvgIpc) is 2.38. The Morgan fingerprint density at radius 2 is 2.10 bits per heavy atom. The van der Waals surface area contributed by atoms with Crippen molar-refractivity contribution in [3.63, 3.8) is 0 Å². The van der Waals surface area contributed by atoms with Crippen molar-refractivity contribution >= 4 is 16.0 Å². The van der Waals surface area contributed by atoms with Gasteiger partial charge in [-0.1, -0.05) is 0 Å². The van der Waals surface area contributed by atoms with Gasteiger partial charge in [0.15, 0.2) is 0 Å². The molecule has 0 saturated carbocycles. The van der Waals surface area contributed by atoms with E-state index in [1.807, 2.05) is 0 Å². The number of aliphatic carboxylic acids is 1. The van der Waals surface area contributed by atoms with Crippen LogP contribution in [-0.4, -0.2) is 48.5 Å². The predicted molar refractivity (Wildman–Crippen MR) is 72.1 cm³/mol. The Labute approximate surface area is 118 Å². The molecule has 0 radical (unpaired) electrons. The molecule has 0 bridgehead atoms. The maximum atomic E-state index is 12.5. The normalized spacial score (nSPS) is 11.8. The lowest BCUT2D eigenvalue weighted by molar-refractivity contribution is -0.137. The first kappa shape index (κ1) is 16.4. The van der Waals surface area contributed by atoms with Crippen LogP contribution in [0.1, 0.15) is 20.3 Å². The fourth-order valence-corrected chi connectivity index (χ4v) is 3.27. The van der Waals surface area contributed by atoms with Gasteiger partial charge in [0.2, 0.25) is 10.0 Å². The summed E-state index contributed by atoms with van der Waals surface area (Å²) in [6.07, 6.45) is 2.36. The zero-order chi connectivity index (χ0) is 15.3. The molecule has 0 unspecified atom stereocenters. The van der Waals surface area contributed by atoms with E-state index in [0.717, 1.165) is 4.31 Å². The van der Waals surface area contributed by atoms with Crippen LogP contribution in [0.5, 0.6) is 5.75 Å². The number of carboxylic acids is 1. The Kier molecular flexibility index (Phi) is 5.46. The second kappa shape index (κ2) is 6.67. The minimum Gasteiger partial charge on any atom is -0.495 e. The molecule has 1 aromatic rings. The van der Waals surface area contributed by atoms with Crippen LogP contribution in [-0.2, 0) is 14.8 Å². The number of carboxylic acid groups (broad SMARTS) is 1. The Bertz CT molecular complexity index is 571. The molecular formula is C12H18N2O5S. The first-order valence-corrected chi connectivity index (χ1v) is 7.45. The van der Waals surface area contributed by atoms with Crippen molar-refractivity contribution in [2.75, 3.05) is 13.7 Å². The number of sulfonamides is 1. The third kappa shape index (κ3) is 3.91. The van der Waals surface area contributed by atoms with Gasteiger partial charge in [-0.15, -0.1) is 0 Å². The standard InChI is InChI=1S/C12H18N2O5S/c1-9(2)14(5-4-12(15)16)20(17,18)11-6-10(19-3)7-13-8-11/h6-9H,4-5H2,1-3H3,(H,15,16). The molecule has 0 aliphatic heterocycles. The highest BCUT2D eigenvalue weighted by atomic mass is 32.2. The number of nitrogens with zero attached hydrogens (tertiary/aromatic N) is 2. The van der Waals surface area contributed by atoms with E-state index in [-0.39, 0.29) is 23.9 Å². The van der Waals surface area contributed by atoms with Crippen LogP contribution in [0.15, 0.2) is 23.4 Å². The number of carbonyl (C=O) groups is 1. The number of pyridine rings is 1. The fourth-order valence-electron chi connectivity index (χ4n) is 1.65. The molecule has 8 heteroatoms. The highest BCUT2D eigenvalue weighted by Crippen LogP contribution is 2.21. The predicted octanol–water partition coefficient (Wildman–Crippen LogP) is 0.964. The zero-order valence-corrected chi connectivity index (χ0v) is 12.4. The first-order valence-electron chi connectivity index (χ1n) is 6.01. The Morgan fingerprint density at radius 3 is 2.60 bits per heavy atom. The molecule has 20 heavy (non-hydrogen) atoms. The van der Waals surface area contributed by atoms with E-state index in [2.05, 4.69) is 4.98 Å². The average molecular weight is 302 g/mol. The van der Waals surface area contributed by atoms with Gasteiger partial charge < -0.3 is 9.84 Å². The Balaban J connectivity index is 3.12. The van der Waals surface area contributed by atoms with Gasteiger partial charge in [0.1, 0.15) is 10.6 Å². The number of ether oxygens (including phenoxy) is 1. The van der Waals surface area contributed by atoms with Crippen molar-refractivity contribution in [1.82, 2.24) is 9.29 Å². The van der Waals surface area contributed by atoms with Gasteiger partial charge in [-0.25, -0.2) is 8.42 Å². The summed E-state index contributed by atoms with van der Waals surface area (Å²) >= 11 is 0. The van der Waals surface area contributed by atoms with Crippen LogP contribution in [0.4, 0.5) is 0 Å². The van der Waals surface area contributed by atoms with Gasteiger partial charge in [0, 0.05) is 24.8 Å². The zero-order valence-electron chi connectivity index (χ0n) is 11.6. The van der Waals surface area contributed by atoms with Crippen LogP contribution in [0.2, 0.25) is 0 Å².